The smallest absolute Gasteiger partial charge is 0.0359 e. The van der Waals surface area contributed by atoms with E-state index in [4.69, 9.17) is 5.73 Å². The Morgan fingerprint density at radius 3 is 2.32 bits per heavy atom. The maximum Gasteiger partial charge on any atom is 0.0359 e. The molecule has 4 N–H and O–H groups in total. The van der Waals surface area contributed by atoms with Crippen molar-refractivity contribution in [1.29, 1.82) is 0 Å². The predicted octanol–water partition coefficient (Wildman–Crippen LogP) is 2.67. The molecule has 19 heavy (non-hydrogen) atoms. The Hall–Kier alpha value is -1.06. The fraction of sp³-hybridized carbons (Fsp3) is 0.625. The molecule has 1 heterocycles. The van der Waals surface area contributed by atoms with Gasteiger partial charge in [0, 0.05) is 29.4 Å². The summed E-state index contributed by atoms with van der Waals surface area (Å²) in [5.74, 6) is 0. The molecule has 0 bridgehead atoms. The van der Waals surface area contributed by atoms with Crippen molar-refractivity contribution in [2.24, 2.45) is 0 Å². The molecule has 0 saturated carbocycles. The van der Waals surface area contributed by atoms with Gasteiger partial charge in [0.15, 0.2) is 0 Å². The first-order chi connectivity index (χ1) is 8.77. The summed E-state index contributed by atoms with van der Waals surface area (Å²) in [6, 6.07) is 8.62. The van der Waals surface area contributed by atoms with Crippen LogP contribution in [0.1, 0.15) is 46.1 Å². The molecule has 0 spiro atoms. The van der Waals surface area contributed by atoms with Crippen LogP contribution in [-0.2, 0) is 6.54 Å². The number of anilines is 1. The normalized spacial score (nSPS) is 22.3. The number of benzene rings is 1. The Morgan fingerprint density at radius 2 is 1.74 bits per heavy atom. The number of nitrogens with one attached hydrogen (secondary N) is 2. The van der Waals surface area contributed by atoms with Crippen LogP contribution < -0.4 is 16.4 Å². The standard InChI is InChI=1S/C16H27N3/c1-15(2)9-13(10-16(3,4)19-15)18-11-12-7-5-6-8-14(12)17/h5-8,13,18-19H,9-11,17H2,1-4H3. The molecule has 2 rings (SSSR count). The van der Waals surface area contributed by atoms with Gasteiger partial charge in [0.1, 0.15) is 0 Å². The number of para-hydroxylation sites is 1. The van der Waals surface area contributed by atoms with Gasteiger partial charge in [0.05, 0.1) is 0 Å². The quantitative estimate of drug-likeness (QED) is 0.733. The SMILES string of the molecule is CC1(C)CC(NCc2ccccc2N)CC(C)(C)N1. The molecule has 3 heteroatoms. The van der Waals surface area contributed by atoms with Gasteiger partial charge in [-0.2, -0.15) is 0 Å². The Morgan fingerprint density at radius 1 is 1.16 bits per heavy atom. The van der Waals surface area contributed by atoms with Crippen molar-refractivity contribution >= 4 is 5.69 Å². The summed E-state index contributed by atoms with van der Waals surface area (Å²) in [6.45, 7) is 9.96. The minimum Gasteiger partial charge on any atom is -0.398 e. The number of nitrogen functional groups attached to an aromatic ring is 1. The first kappa shape index (κ1) is 14.4. The minimum absolute atomic E-state index is 0.182. The molecule has 0 amide bonds. The largest absolute Gasteiger partial charge is 0.398 e. The second-order valence-corrected chi connectivity index (χ2v) is 7.08. The number of piperidine rings is 1. The van der Waals surface area contributed by atoms with Gasteiger partial charge in [-0.1, -0.05) is 18.2 Å². The zero-order valence-corrected chi connectivity index (χ0v) is 12.6. The highest BCUT2D eigenvalue weighted by Gasteiger charge is 2.37. The molecule has 1 aromatic rings. The molecule has 1 saturated heterocycles. The Bertz CT molecular complexity index is 421. The second-order valence-electron chi connectivity index (χ2n) is 7.08. The molecule has 1 aromatic carbocycles. The molecule has 1 aliphatic heterocycles. The molecule has 0 aromatic heterocycles. The van der Waals surface area contributed by atoms with Crippen LogP contribution in [0, 0.1) is 0 Å². The lowest BCUT2D eigenvalue weighted by Gasteiger charge is -2.46. The van der Waals surface area contributed by atoms with Crippen molar-refractivity contribution in [2.75, 3.05) is 5.73 Å². The Balaban J connectivity index is 1.98. The van der Waals surface area contributed by atoms with Crippen molar-refractivity contribution in [2.45, 2.75) is 64.2 Å². The molecule has 0 radical (unpaired) electrons. The van der Waals surface area contributed by atoms with E-state index in [0.29, 0.717) is 6.04 Å². The van der Waals surface area contributed by atoms with Gasteiger partial charge in [-0.3, -0.25) is 0 Å². The first-order valence-corrected chi connectivity index (χ1v) is 7.14. The Kier molecular flexibility index (Phi) is 3.88. The van der Waals surface area contributed by atoms with Gasteiger partial charge in [0.25, 0.3) is 0 Å². The molecule has 1 fully saturated rings. The predicted molar refractivity (Wildman–Crippen MR) is 82.0 cm³/mol. The van der Waals surface area contributed by atoms with E-state index in [-0.39, 0.29) is 11.1 Å². The zero-order valence-electron chi connectivity index (χ0n) is 12.6. The van der Waals surface area contributed by atoms with Crippen LogP contribution in [0.25, 0.3) is 0 Å². The monoisotopic (exact) mass is 261 g/mol. The number of nitrogens with two attached hydrogens (primary N) is 1. The van der Waals surface area contributed by atoms with E-state index in [1.165, 1.54) is 5.56 Å². The van der Waals surface area contributed by atoms with E-state index in [2.05, 4.69) is 44.4 Å². The average molecular weight is 261 g/mol. The molecular weight excluding hydrogens is 234 g/mol. The van der Waals surface area contributed by atoms with Crippen molar-refractivity contribution in [1.82, 2.24) is 10.6 Å². The highest BCUT2D eigenvalue weighted by molar-refractivity contribution is 5.46. The van der Waals surface area contributed by atoms with Crippen LogP contribution >= 0.6 is 0 Å². The lowest BCUT2D eigenvalue weighted by Crippen LogP contribution is -2.61. The maximum absolute atomic E-state index is 5.99. The summed E-state index contributed by atoms with van der Waals surface area (Å²) >= 11 is 0. The van der Waals surface area contributed by atoms with Crippen molar-refractivity contribution in [3.05, 3.63) is 29.8 Å². The van der Waals surface area contributed by atoms with E-state index in [1.54, 1.807) is 0 Å². The molecule has 3 nitrogen and oxygen atoms in total. The topological polar surface area (TPSA) is 50.1 Å². The highest BCUT2D eigenvalue weighted by Crippen LogP contribution is 2.28. The zero-order chi connectivity index (χ0) is 14.1. The minimum atomic E-state index is 0.182. The van der Waals surface area contributed by atoms with Crippen LogP contribution in [-0.4, -0.2) is 17.1 Å². The number of rotatable bonds is 3. The van der Waals surface area contributed by atoms with Gasteiger partial charge in [-0.15, -0.1) is 0 Å². The van der Waals surface area contributed by atoms with Crippen LogP contribution in [0.3, 0.4) is 0 Å². The van der Waals surface area contributed by atoms with E-state index in [1.807, 2.05) is 18.2 Å². The van der Waals surface area contributed by atoms with Gasteiger partial charge < -0.3 is 16.4 Å². The summed E-state index contributed by atoms with van der Waals surface area (Å²) in [5.41, 5.74) is 8.42. The Labute approximate surface area is 117 Å². The molecule has 0 atom stereocenters. The third-order valence-electron chi connectivity index (χ3n) is 3.83. The first-order valence-electron chi connectivity index (χ1n) is 7.14. The molecular formula is C16H27N3. The summed E-state index contributed by atoms with van der Waals surface area (Å²) in [5, 5.41) is 7.38. The van der Waals surface area contributed by atoms with E-state index >= 15 is 0 Å². The van der Waals surface area contributed by atoms with E-state index in [9.17, 15) is 0 Å². The van der Waals surface area contributed by atoms with Crippen LogP contribution in [0.15, 0.2) is 24.3 Å². The maximum atomic E-state index is 5.99. The summed E-state index contributed by atoms with van der Waals surface area (Å²) < 4.78 is 0. The van der Waals surface area contributed by atoms with Crippen LogP contribution in [0.2, 0.25) is 0 Å². The fourth-order valence-electron chi connectivity index (χ4n) is 3.42. The van der Waals surface area contributed by atoms with Gasteiger partial charge in [-0.25, -0.2) is 0 Å². The highest BCUT2D eigenvalue weighted by atomic mass is 15.1. The van der Waals surface area contributed by atoms with Crippen LogP contribution in [0.4, 0.5) is 5.69 Å². The van der Waals surface area contributed by atoms with E-state index < -0.39 is 0 Å². The average Bonchev–Trinajstić information content (AvgIpc) is 2.23. The lowest BCUT2D eigenvalue weighted by molar-refractivity contribution is 0.145. The van der Waals surface area contributed by atoms with Crippen molar-refractivity contribution in [3.8, 4) is 0 Å². The van der Waals surface area contributed by atoms with Gasteiger partial charge in [-0.05, 0) is 52.2 Å². The number of hydrogen-bond donors (Lipinski definition) is 3. The molecule has 1 aliphatic rings. The fourth-order valence-corrected chi connectivity index (χ4v) is 3.42. The third-order valence-corrected chi connectivity index (χ3v) is 3.83. The summed E-state index contributed by atoms with van der Waals surface area (Å²) in [4.78, 5) is 0. The molecule has 0 aliphatic carbocycles. The second kappa shape index (κ2) is 5.14. The van der Waals surface area contributed by atoms with Crippen molar-refractivity contribution < 1.29 is 0 Å². The molecule has 106 valence electrons. The van der Waals surface area contributed by atoms with Crippen molar-refractivity contribution in [3.63, 3.8) is 0 Å². The van der Waals surface area contributed by atoms with Crippen LogP contribution in [0.5, 0.6) is 0 Å². The number of hydrogen-bond acceptors (Lipinski definition) is 3. The third kappa shape index (κ3) is 3.95. The van der Waals surface area contributed by atoms with E-state index in [0.717, 1.165) is 25.1 Å². The van der Waals surface area contributed by atoms with Gasteiger partial charge >= 0.3 is 0 Å². The summed E-state index contributed by atoms with van der Waals surface area (Å²) in [6.07, 6.45) is 2.28. The van der Waals surface area contributed by atoms with Gasteiger partial charge in [0.2, 0.25) is 0 Å². The lowest BCUT2D eigenvalue weighted by atomic mass is 9.79. The molecule has 0 unspecified atom stereocenters. The summed E-state index contributed by atoms with van der Waals surface area (Å²) in [7, 11) is 0.